The van der Waals surface area contributed by atoms with Crippen molar-refractivity contribution in [2.75, 3.05) is 7.11 Å². The van der Waals surface area contributed by atoms with Crippen molar-refractivity contribution < 1.29 is 4.74 Å². The van der Waals surface area contributed by atoms with E-state index in [0.29, 0.717) is 0 Å². The zero-order chi connectivity index (χ0) is 14.1. The Bertz CT molecular complexity index is 772. The Kier molecular flexibility index (Phi) is 3.19. The first kappa shape index (κ1) is 12.7. The smallest absolute Gasteiger partial charge is 0.120 e. The van der Waals surface area contributed by atoms with Crippen LogP contribution < -0.4 is 4.74 Å². The normalized spacial score (nSPS) is 10.8. The molecule has 1 heteroatoms. The minimum atomic E-state index is 0.900. The van der Waals surface area contributed by atoms with Crippen LogP contribution in [0.5, 0.6) is 5.75 Å². The lowest BCUT2D eigenvalue weighted by atomic mass is 9.95. The fourth-order valence-electron chi connectivity index (χ4n) is 2.55. The third-order valence-corrected chi connectivity index (χ3v) is 3.89. The molecule has 0 bridgehead atoms. The van der Waals surface area contributed by atoms with E-state index < -0.39 is 0 Å². The predicted octanol–water partition coefficient (Wildman–Crippen LogP) is 5.13. The molecule has 0 aliphatic carbocycles. The van der Waals surface area contributed by atoms with Crippen LogP contribution in [0.1, 0.15) is 11.1 Å². The van der Waals surface area contributed by atoms with Crippen molar-refractivity contribution in [3.63, 3.8) is 0 Å². The minimum Gasteiger partial charge on any atom is -0.497 e. The summed E-state index contributed by atoms with van der Waals surface area (Å²) in [6, 6.07) is 19.2. The summed E-state index contributed by atoms with van der Waals surface area (Å²) in [5.74, 6) is 0.900. The molecule has 0 saturated heterocycles. The van der Waals surface area contributed by atoms with Gasteiger partial charge in [-0.05, 0) is 59.0 Å². The molecule has 1 nitrogen and oxygen atoms in total. The molecule has 0 fully saturated rings. The predicted molar refractivity (Wildman–Crippen MR) is 85.4 cm³/mol. The van der Waals surface area contributed by atoms with E-state index in [4.69, 9.17) is 4.74 Å². The fraction of sp³-hybridized carbons (Fsp3) is 0.158. The lowest BCUT2D eigenvalue weighted by Crippen LogP contribution is -1.88. The molecule has 0 aromatic heterocycles. The first-order valence-electron chi connectivity index (χ1n) is 6.83. The average molecular weight is 262 g/mol. The maximum absolute atomic E-state index is 5.44. The monoisotopic (exact) mass is 262 g/mol. The quantitative estimate of drug-likeness (QED) is 0.622. The first-order chi connectivity index (χ1) is 9.69. The number of benzene rings is 3. The van der Waals surface area contributed by atoms with Gasteiger partial charge in [-0.25, -0.2) is 0 Å². The van der Waals surface area contributed by atoms with Gasteiger partial charge in [0, 0.05) is 0 Å². The number of hydrogen-bond donors (Lipinski definition) is 0. The largest absolute Gasteiger partial charge is 0.497 e. The molecule has 100 valence electrons. The van der Waals surface area contributed by atoms with Crippen molar-refractivity contribution in [1.29, 1.82) is 0 Å². The van der Waals surface area contributed by atoms with Gasteiger partial charge in [-0.3, -0.25) is 0 Å². The van der Waals surface area contributed by atoms with E-state index in [-0.39, 0.29) is 0 Å². The Morgan fingerprint density at radius 3 is 2.35 bits per heavy atom. The number of hydrogen-bond acceptors (Lipinski definition) is 1. The molecule has 0 radical (unpaired) electrons. The SMILES string of the molecule is COc1cc(-c2ccc(C)c(C)c2)c2ccccc2c1. The van der Waals surface area contributed by atoms with Crippen molar-refractivity contribution >= 4 is 10.8 Å². The number of rotatable bonds is 2. The molecule has 3 aromatic carbocycles. The van der Waals surface area contributed by atoms with Gasteiger partial charge in [0.05, 0.1) is 7.11 Å². The summed E-state index contributed by atoms with van der Waals surface area (Å²) in [7, 11) is 1.72. The van der Waals surface area contributed by atoms with Crippen molar-refractivity contribution in [3.8, 4) is 16.9 Å². The van der Waals surface area contributed by atoms with Crippen LogP contribution in [0.4, 0.5) is 0 Å². The van der Waals surface area contributed by atoms with Gasteiger partial charge >= 0.3 is 0 Å². The molecule has 0 heterocycles. The molecule has 0 aliphatic heterocycles. The van der Waals surface area contributed by atoms with Gasteiger partial charge in [0.1, 0.15) is 5.75 Å². The molecule has 3 aromatic rings. The van der Waals surface area contributed by atoms with Gasteiger partial charge in [-0.15, -0.1) is 0 Å². The summed E-state index contributed by atoms with van der Waals surface area (Å²) < 4.78 is 5.44. The highest BCUT2D eigenvalue weighted by Crippen LogP contribution is 2.33. The number of aryl methyl sites for hydroxylation is 2. The average Bonchev–Trinajstić information content (AvgIpc) is 2.49. The molecule has 0 spiro atoms. The van der Waals surface area contributed by atoms with Crippen LogP contribution in [0.15, 0.2) is 54.6 Å². The van der Waals surface area contributed by atoms with Crippen molar-refractivity contribution in [2.45, 2.75) is 13.8 Å². The van der Waals surface area contributed by atoms with Gasteiger partial charge in [-0.2, -0.15) is 0 Å². The number of fused-ring (bicyclic) bond motifs is 1. The molecule has 0 saturated carbocycles. The van der Waals surface area contributed by atoms with Crippen molar-refractivity contribution in [3.05, 3.63) is 65.7 Å². The summed E-state index contributed by atoms with van der Waals surface area (Å²) in [4.78, 5) is 0. The van der Waals surface area contributed by atoms with Gasteiger partial charge in [0.25, 0.3) is 0 Å². The molecule has 20 heavy (non-hydrogen) atoms. The van der Waals surface area contributed by atoms with E-state index >= 15 is 0 Å². The Hall–Kier alpha value is -2.28. The number of methoxy groups -OCH3 is 1. The summed E-state index contributed by atoms with van der Waals surface area (Å²) in [6.45, 7) is 4.30. The summed E-state index contributed by atoms with van der Waals surface area (Å²) in [5.41, 5.74) is 5.10. The van der Waals surface area contributed by atoms with Gasteiger partial charge < -0.3 is 4.74 Å². The zero-order valence-electron chi connectivity index (χ0n) is 12.1. The van der Waals surface area contributed by atoms with Gasteiger partial charge in [0.15, 0.2) is 0 Å². The molecule has 0 aliphatic rings. The molecule has 0 N–H and O–H groups in total. The van der Waals surface area contributed by atoms with Crippen molar-refractivity contribution in [2.24, 2.45) is 0 Å². The highest BCUT2D eigenvalue weighted by atomic mass is 16.5. The van der Waals surface area contributed by atoms with Gasteiger partial charge in [0.2, 0.25) is 0 Å². The lowest BCUT2D eigenvalue weighted by molar-refractivity contribution is 0.415. The second-order valence-corrected chi connectivity index (χ2v) is 5.20. The Morgan fingerprint density at radius 1 is 0.800 bits per heavy atom. The second-order valence-electron chi connectivity index (χ2n) is 5.20. The molecule has 0 unspecified atom stereocenters. The summed E-state index contributed by atoms with van der Waals surface area (Å²) >= 11 is 0. The Labute approximate surface area is 119 Å². The molecular weight excluding hydrogens is 244 g/mol. The highest BCUT2D eigenvalue weighted by molar-refractivity contribution is 5.98. The third kappa shape index (κ3) is 2.16. The lowest BCUT2D eigenvalue weighted by Gasteiger charge is -2.11. The van der Waals surface area contributed by atoms with Crippen LogP contribution in [-0.2, 0) is 0 Å². The first-order valence-corrected chi connectivity index (χ1v) is 6.83. The van der Waals surface area contributed by atoms with E-state index in [1.165, 1.54) is 33.0 Å². The molecule has 0 amide bonds. The van der Waals surface area contributed by atoms with Crippen LogP contribution >= 0.6 is 0 Å². The van der Waals surface area contributed by atoms with E-state index in [1.54, 1.807) is 7.11 Å². The van der Waals surface area contributed by atoms with Crippen LogP contribution in [-0.4, -0.2) is 7.11 Å². The Morgan fingerprint density at radius 2 is 1.60 bits per heavy atom. The number of ether oxygens (including phenoxy) is 1. The van der Waals surface area contributed by atoms with Crippen LogP contribution in [0.3, 0.4) is 0 Å². The maximum atomic E-state index is 5.44. The topological polar surface area (TPSA) is 9.23 Å². The minimum absolute atomic E-state index is 0.900. The molecule has 3 rings (SSSR count). The van der Waals surface area contributed by atoms with E-state index in [0.717, 1.165) is 5.75 Å². The molecule has 0 atom stereocenters. The third-order valence-electron chi connectivity index (χ3n) is 3.89. The van der Waals surface area contributed by atoms with Crippen LogP contribution in [0.2, 0.25) is 0 Å². The summed E-state index contributed by atoms with van der Waals surface area (Å²) in [6.07, 6.45) is 0. The van der Waals surface area contributed by atoms with Gasteiger partial charge in [-0.1, -0.05) is 42.5 Å². The van der Waals surface area contributed by atoms with Crippen LogP contribution in [0, 0.1) is 13.8 Å². The fourth-order valence-corrected chi connectivity index (χ4v) is 2.55. The van der Waals surface area contributed by atoms with E-state index in [2.05, 4.69) is 68.4 Å². The standard InChI is InChI=1S/C19H18O/c1-13-8-9-16(10-14(13)2)19-12-17(20-3)11-15-6-4-5-7-18(15)19/h4-12H,1-3H3. The Balaban J connectivity index is 2.30. The van der Waals surface area contributed by atoms with Crippen molar-refractivity contribution in [1.82, 2.24) is 0 Å². The van der Waals surface area contributed by atoms with Crippen LogP contribution in [0.25, 0.3) is 21.9 Å². The van der Waals surface area contributed by atoms with E-state index in [1.807, 2.05) is 0 Å². The zero-order valence-corrected chi connectivity index (χ0v) is 12.1. The van der Waals surface area contributed by atoms with E-state index in [9.17, 15) is 0 Å². The summed E-state index contributed by atoms with van der Waals surface area (Å²) in [5, 5.41) is 2.47. The highest BCUT2D eigenvalue weighted by Gasteiger charge is 2.07. The second kappa shape index (κ2) is 5.01. The molecular formula is C19H18O. The maximum Gasteiger partial charge on any atom is 0.120 e.